The molecule has 5 atom stereocenters. The average Bonchev–Trinajstić information content (AvgIpc) is 2.53. The van der Waals surface area contributed by atoms with Crippen molar-refractivity contribution in [1.29, 1.82) is 0 Å². The summed E-state index contributed by atoms with van der Waals surface area (Å²) in [6.07, 6.45) is 11.6. The van der Waals surface area contributed by atoms with Crippen LogP contribution in [-0.4, -0.2) is 48.4 Å². The van der Waals surface area contributed by atoms with Crippen molar-refractivity contribution in [2.45, 2.75) is 38.6 Å². The van der Waals surface area contributed by atoms with E-state index in [1.807, 2.05) is 0 Å². The van der Waals surface area contributed by atoms with Crippen LogP contribution in [0.1, 0.15) is 32.6 Å². The van der Waals surface area contributed by atoms with Crippen LogP contribution in [0, 0.1) is 23.7 Å². The molecule has 0 radical (unpaired) electrons. The van der Waals surface area contributed by atoms with Gasteiger partial charge in [-0.05, 0) is 57.0 Å². The van der Waals surface area contributed by atoms with Gasteiger partial charge in [0.15, 0.2) is 0 Å². The monoisotopic (exact) mass is 300 g/mol. The third-order valence-corrected chi connectivity index (χ3v) is 6.51. The number of likely N-dealkylation sites (tertiary alicyclic amines) is 2. The first-order chi connectivity index (χ1) is 10.6. The Bertz CT molecular complexity index is 524. The number of carbonyl (C=O) groups excluding carboxylic acids is 1. The van der Waals surface area contributed by atoms with Gasteiger partial charge in [-0.3, -0.25) is 4.79 Å². The van der Waals surface area contributed by atoms with Gasteiger partial charge in [-0.15, -0.1) is 0 Å². The number of hydrogen-bond donors (Lipinski definition) is 0. The average molecular weight is 300 g/mol. The summed E-state index contributed by atoms with van der Waals surface area (Å²) in [7, 11) is 2.19. The van der Waals surface area contributed by atoms with E-state index in [-0.39, 0.29) is 5.92 Å². The summed E-state index contributed by atoms with van der Waals surface area (Å²) >= 11 is 0. The SMILES string of the molecule is C[C@@H]1CCN(C)C[C@H]1N1C[C@@H]2CCCC3=CC=CC(C1=O)C32. The molecule has 4 aliphatic rings. The Kier molecular flexibility index (Phi) is 3.64. The molecule has 22 heavy (non-hydrogen) atoms. The second kappa shape index (κ2) is 5.52. The molecule has 1 saturated carbocycles. The minimum atomic E-state index is 0.124. The van der Waals surface area contributed by atoms with Crippen molar-refractivity contribution >= 4 is 5.91 Å². The van der Waals surface area contributed by atoms with Crippen molar-refractivity contribution in [2.24, 2.45) is 23.7 Å². The number of allylic oxidation sites excluding steroid dienone is 3. The summed E-state index contributed by atoms with van der Waals surface area (Å²) in [5, 5.41) is 0. The molecule has 0 aromatic heterocycles. The number of amides is 1. The van der Waals surface area contributed by atoms with Crippen LogP contribution in [0.3, 0.4) is 0 Å². The fourth-order valence-electron chi connectivity index (χ4n) is 5.24. The number of nitrogens with zero attached hydrogens (tertiary/aromatic N) is 2. The molecule has 0 aromatic rings. The third kappa shape index (κ3) is 2.25. The third-order valence-electron chi connectivity index (χ3n) is 6.51. The van der Waals surface area contributed by atoms with Gasteiger partial charge in [0.25, 0.3) is 0 Å². The standard InChI is InChI=1S/C19H28N2O/c1-13-9-10-20(2)12-17(13)21-11-15-7-3-5-14-6-4-8-16(18(14)15)19(21)22/h4,6,8,13,15-18H,3,5,7,9-12H2,1-2H3/t13-,15+,16?,17-,18?/m1/s1. The predicted octanol–water partition coefficient (Wildman–Crippen LogP) is 2.70. The number of likely N-dealkylation sites (N-methyl/N-ethyl adjacent to an activating group) is 1. The minimum absolute atomic E-state index is 0.124. The lowest BCUT2D eigenvalue weighted by atomic mass is 9.64. The van der Waals surface area contributed by atoms with Gasteiger partial charge in [0, 0.05) is 19.1 Å². The van der Waals surface area contributed by atoms with E-state index in [2.05, 4.69) is 42.0 Å². The van der Waals surface area contributed by atoms with Crippen molar-refractivity contribution in [1.82, 2.24) is 9.80 Å². The van der Waals surface area contributed by atoms with Gasteiger partial charge in [0.1, 0.15) is 0 Å². The summed E-state index contributed by atoms with van der Waals surface area (Å²) in [6.45, 7) is 5.54. The summed E-state index contributed by atoms with van der Waals surface area (Å²) in [5.41, 5.74) is 1.55. The molecule has 2 unspecified atom stereocenters. The Morgan fingerprint density at radius 1 is 1.23 bits per heavy atom. The van der Waals surface area contributed by atoms with Gasteiger partial charge >= 0.3 is 0 Å². The predicted molar refractivity (Wildman–Crippen MR) is 88.3 cm³/mol. The van der Waals surface area contributed by atoms with Gasteiger partial charge in [-0.1, -0.05) is 30.7 Å². The zero-order chi connectivity index (χ0) is 15.3. The van der Waals surface area contributed by atoms with E-state index in [9.17, 15) is 4.79 Å². The van der Waals surface area contributed by atoms with Crippen molar-refractivity contribution in [2.75, 3.05) is 26.7 Å². The van der Waals surface area contributed by atoms with Crippen LogP contribution in [0.2, 0.25) is 0 Å². The van der Waals surface area contributed by atoms with Crippen molar-refractivity contribution in [3.63, 3.8) is 0 Å². The van der Waals surface area contributed by atoms with Crippen LogP contribution in [-0.2, 0) is 4.79 Å². The summed E-state index contributed by atoms with van der Waals surface area (Å²) in [5.74, 6) is 2.35. The Hall–Kier alpha value is -1.09. The largest absolute Gasteiger partial charge is 0.337 e. The maximum atomic E-state index is 13.2. The first-order valence-electron chi connectivity index (χ1n) is 9.01. The first-order valence-corrected chi connectivity index (χ1v) is 9.01. The topological polar surface area (TPSA) is 23.6 Å². The van der Waals surface area contributed by atoms with Crippen molar-refractivity contribution in [3.8, 4) is 0 Å². The van der Waals surface area contributed by atoms with Crippen LogP contribution >= 0.6 is 0 Å². The Morgan fingerprint density at radius 2 is 2.09 bits per heavy atom. The smallest absolute Gasteiger partial charge is 0.230 e. The van der Waals surface area contributed by atoms with E-state index in [1.165, 1.54) is 32.2 Å². The lowest BCUT2D eigenvalue weighted by Crippen LogP contribution is -2.60. The van der Waals surface area contributed by atoms with Gasteiger partial charge in [0.05, 0.1) is 5.92 Å². The van der Waals surface area contributed by atoms with Gasteiger partial charge in [-0.2, -0.15) is 0 Å². The Labute approximate surface area is 134 Å². The van der Waals surface area contributed by atoms with E-state index >= 15 is 0 Å². The molecule has 2 heterocycles. The molecule has 4 rings (SSSR count). The molecule has 0 N–H and O–H groups in total. The quantitative estimate of drug-likeness (QED) is 0.743. The van der Waals surface area contributed by atoms with Crippen LogP contribution in [0.15, 0.2) is 23.8 Å². The van der Waals surface area contributed by atoms with E-state index in [4.69, 9.17) is 0 Å². The molecule has 2 aliphatic carbocycles. The zero-order valence-electron chi connectivity index (χ0n) is 13.9. The summed E-state index contributed by atoms with van der Waals surface area (Å²) in [4.78, 5) is 17.8. The van der Waals surface area contributed by atoms with E-state index in [1.54, 1.807) is 5.57 Å². The molecule has 0 aromatic carbocycles. The van der Waals surface area contributed by atoms with E-state index in [0.717, 1.165) is 13.1 Å². The van der Waals surface area contributed by atoms with Crippen LogP contribution in [0.4, 0.5) is 0 Å². The maximum absolute atomic E-state index is 13.2. The molecule has 120 valence electrons. The highest BCUT2D eigenvalue weighted by Gasteiger charge is 2.47. The minimum Gasteiger partial charge on any atom is -0.337 e. The molecule has 0 bridgehead atoms. The van der Waals surface area contributed by atoms with E-state index < -0.39 is 0 Å². The van der Waals surface area contributed by atoms with Crippen LogP contribution in [0.25, 0.3) is 0 Å². The molecular weight excluding hydrogens is 272 g/mol. The van der Waals surface area contributed by atoms with E-state index in [0.29, 0.717) is 29.7 Å². The summed E-state index contributed by atoms with van der Waals surface area (Å²) < 4.78 is 0. The van der Waals surface area contributed by atoms with Crippen molar-refractivity contribution in [3.05, 3.63) is 23.8 Å². The Morgan fingerprint density at radius 3 is 2.95 bits per heavy atom. The molecular formula is C19H28N2O. The van der Waals surface area contributed by atoms with Gasteiger partial charge < -0.3 is 9.80 Å². The van der Waals surface area contributed by atoms with Crippen LogP contribution < -0.4 is 0 Å². The molecule has 3 heteroatoms. The number of rotatable bonds is 1. The second-order valence-corrected chi connectivity index (χ2v) is 7.92. The highest BCUT2D eigenvalue weighted by molar-refractivity contribution is 5.83. The highest BCUT2D eigenvalue weighted by atomic mass is 16.2. The molecule has 2 saturated heterocycles. The second-order valence-electron chi connectivity index (χ2n) is 7.92. The molecule has 2 aliphatic heterocycles. The van der Waals surface area contributed by atoms with Crippen molar-refractivity contribution < 1.29 is 4.79 Å². The van der Waals surface area contributed by atoms with Crippen LogP contribution in [0.5, 0.6) is 0 Å². The first kappa shape index (κ1) is 14.5. The fraction of sp³-hybridized carbons (Fsp3) is 0.737. The number of hydrogen-bond acceptors (Lipinski definition) is 2. The Balaban J connectivity index is 1.61. The molecule has 3 nitrogen and oxygen atoms in total. The maximum Gasteiger partial charge on any atom is 0.230 e. The summed E-state index contributed by atoms with van der Waals surface area (Å²) in [6, 6.07) is 0.414. The number of carbonyl (C=O) groups is 1. The fourth-order valence-corrected chi connectivity index (χ4v) is 5.24. The lowest BCUT2D eigenvalue weighted by molar-refractivity contribution is -0.147. The zero-order valence-corrected chi connectivity index (χ0v) is 13.9. The normalized spacial score (nSPS) is 42.1. The number of piperidine rings is 2. The highest BCUT2D eigenvalue weighted by Crippen LogP contribution is 2.46. The lowest BCUT2D eigenvalue weighted by Gasteiger charge is -2.51. The molecule has 1 amide bonds. The molecule has 3 fully saturated rings. The molecule has 0 spiro atoms. The van der Waals surface area contributed by atoms with Gasteiger partial charge in [-0.25, -0.2) is 0 Å². The van der Waals surface area contributed by atoms with Gasteiger partial charge in [0.2, 0.25) is 5.91 Å².